The molecule has 0 aliphatic rings. The lowest BCUT2D eigenvalue weighted by Gasteiger charge is -2.09. The molecule has 0 radical (unpaired) electrons. The Morgan fingerprint density at radius 2 is 2.09 bits per heavy atom. The summed E-state index contributed by atoms with van der Waals surface area (Å²) in [7, 11) is 0. The number of thiazole rings is 1. The monoisotopic (exact) mass is 313 g/mol. The average Bonchev–Trinajstić information content (AvgIpc) is 3.17. The third-order valence-corrected chi connectivity index (χ3v) is 4.02. The predicted molar refractivity (Wildman–Crippen MR) is 84.7 cm³/mol. The van der Waals surface area contributed by atoms with Crippen LogP contribution in [0.2, 0.25) is 0 Å². The Labute approximate surface area is 132 Å². The van der Waals surface area contributed by atoms with E-state index in [1.807, 2.05) is 49.6 Å². The van der Waals surface area contributed by atoms with Crippen LogP contribution in [0.15, 0.2) is 46.3 Å². The van der Waals surface area contributed by atoms with Crippen LogP contribution in [0.1, 0.15) is 34.2 Å². The fourth-order valence-electron chi connectivity index (χ4n) is 2.05. The van der Waals surface area contributed by atoms with Gasteiger partial charge in [0.25, 0.3) is 5.91 Å². The lowest BCUT2D eigenvalue weighted by Crippen LogP contribution is -2.26. The molecule has 0 bridgehead atoms. The van der Waals surface area contributed by atoms with Gasteiger partial charge in [-0.1, -0.05) is 35.5 Å². The number of aromatic nitrogens is 2. The molecule has 3 aromatic rings. The zero-order chi connectivity index (χ0) is 15.5. The van der Waals surface area contributed by atoms with E-state index in [4.69, 9.17) is 4.52 Å². The van der Waals surface area contributed by atoms with Gasteiger partial charge in [0, 0.05) is 17.0 Å². The molecule has 2 heterocycles. The van der Waals surface area contributed by atoms with Gasteiger partial charge in [0.2, 0.25) is 5.76 Å². The number of benzene rings is 1. The maximum atomic E-state index is 12.2. The first-order chi connectivity index (χ1) is 10.6. The molecule has 0 aliphatic carbocycles. The Morgan fingerprint density at radius 3 is 2.77 bits per heavy atom. The fraction of sp³-hybridized carbons (Fsp3) is 0.188. The molecule has 0 saturated heterocycles. The lowest BCUT2D eigenvalue weighted by atomic mass is 10.1. The molecule has 2 aromatic heterocycles. The van der Waals surface area contributed by atoms with Gasteiger partial charge < -0.3 is 9.84 Å². The summed E-state index contributed by atoms with van der Waals surface area (Å²) in [5.74, 6) is -0.106. The van der Waals surface area contributed by atoms with E-state index >= 15 is 0 Å². The van der Waals surface area contributed by atoms with Gasteiger partial charge in [-0.05, 0) is 13.8 Å². The van der Waals surface area contributed by atoms with Crippen LogP contribution in [0.25, 0.3) is 11.3 Å². The highest BCUT2D eigenvalue weighted by Crippen LogP contribution is 2.20. The first-order valence-corrected chi connectivity index (χ1v) is 7.76. The molecule has 1 amide bonds. The summed E-state index contributed by atoms with van der Waals surface area (Å²) in [5, 5.41) is 9.72. The number of hydrogen-bond donors (Lipinski definition) is 1. The van der Waals surface area contributed by atoms with Crippen molar-refractivity contribution in [2.75, 3.05) is 0 Å². The normalized spacial score (nSPS) is 12.1. The summed E-state index contributed by atoms with van der Waals surface area (Å²) in [6.45, 7) is 3.83. The minimum absolute atomic E-state index is 0.178. The topological polar surface area (TPSA) is 68.0 Å². The summed E-state index contributed by atoms with van der Waals surface area (Å²) < 4.78 is 5.14. The zero-order valence-corrected chi connectivity index (χ0v) is 13.1. The van der Waals surface area contributed by atoms with Crippen molar-refractivity contribution >= 4 is 17.2 Å². The smallest absolute Gasteiger partial charge is 0.290 e. The van der Waals surface area contributed by atoms with E-state index in [0.29, 0.717) is 5.69 Å². The molecule has 5 nitrogen and oxygen atoms in total. The second-order valence-corrected chi connectivity index (χ2v) is 5.99. The van der Waals surface area contributed by atoms with Crippen molar-refractivity contribution < 1.29 is 9.32 Å². The van der Waals surface area contributed by atoms with Crippen LogP contribution in [-0.4, -0.2) is 16.0 Å². The highest BCUT2D eigenvalue weighted by atomic mass is 32.1. The van der Waals surface area contributed by atoms with Gasteiger partial charge in [-0.2, -0.15) is 0 Å². The maximum absolute atomic E-state index is 12.2. The Morgan fingerprint density at radius 1 is 1.32 bits per heavy atom. The van der Waals surface area contributed by atoms with Crippen LogP contribution in [0.4, 0.5) is 0 Å². The molecule has 0 aliphatic heterocycles. The summed E-state index contributed by atoms with van der Waals surface area (Å²) in [5.41, 5.74) is 2.40. The largest absolute Gasteiger partial charge is 0.350 e. The van der Waals surface area contributed by atoms with Crippen LogP contribution in [0, 0.1) is 6.92 Å². The molecule has 0 spiro atoms. The first kappa shape index (κ1) is 14.5. The quantitative estimate of drug-likeness (QED) is 0.799. The van der Waals surface area contributed by atoms with Gasteiger partial charge in [-0.3, -0.25) is 4.79 Å². The van der Waals surface area contributed by atoms with Crippen LogP contribution < -0.4 is 5.32 Å². The molecule has 1 aromatic carbocycles. The number of amides is 1. The molecule has 1 atom stereocenters. The molecule has 1 unspecified atom stereocenters. The van der Waals surface area contributed by atoms with E-state index < -0.39 is 0 Å². The van der Waals surface area contributed by atoms with Crippen LogP contribution in [0.3, 0.4) is 0 Å². The highest BCUT2D eigenvalue weighted by Gasteiger charge is 2.18. The Bertz CT molecular complexity index is 780. The van der Waals surface area contributed by atoms with Crippen molar-refractivity contribution in [3.05, 3.63) is 58.2 Å². The minimum Gasteiger partial charge on any atom is -0.350 e. The Balaban J connectivity index is 1.72. The first-order valence-electron chi connectivity index (χ1n) is 6.88. The number of aryl methyl sites for hydroxylation is 1. The predicted octanol–water partition coefficient (Wildman–Crippen LogP) is 3.60. The number of carbonyl (C=O) groups excluding carboxylic acids is 1. The Kier molecular flexibility index (Phi) is 4.02. The molecule has 1 N–H and O–H groups in total. The Hall–Kier alpha value is -2.47. The van der Waals surface area contributed by atoms with Crippen molar-refractivity contribution in [2.45, 2.75) is 19.9 Å². The van der Waals surface area contributed by atoms with E-state index in [2.05, 4.69) is 15.5 Å². The second-order valence-electron chi connectivity index (χ2n) is 4.93. The zero-order valence-electron chi connectivity index (χ0n) is 12.2. The lowest BCUT2D eigenvalue weighted by molar-refractivity contribution is 0.0902. The van der Waals surface area contributed by atoms with Crippen LogP contribution in [-0.2, 0) is 0 Å². The van der Waals surface area contributed by atoms with Gasteiger partial charge in [0.05, 0.1) is 16.7 Å². The van der Waals surface area contributed by atoms with Gasteiger partial charge in [-0.15, -0.1) is 11.3 Å². The van der Waals surface area contributed by atoms with Gasteiger partial charge in [-0.25, -0.2) is 4.98 Å². The average molecular weight is 313 g/mol. The van der Waals surface area contributed by atoms with E-state index in [1.165, 1.54) is 0 Å². The number of nitrogens with zero attached hydrogens (tertiary/aromatic N) is 2. The second kappa shape index (κ2) is 6.11. The number of nitrogens with one attached hydrogen (secondary N) is 1. The van der Waals surface area contributed by atoms with Gasteiger partial charge in [0.1, 0.15) is 5.69 Å². The molecular formula is C16H15N3O2S. The van der Waals surface area contributed by atoms with Crippen molar-refractivity contribution in [3.8, 4) is 11.3 Å². The summed E-state index contributed by atoms with van der Waals surface area (Å²) in [6.07, 6.45) is 0. The number of rotatable bonds is 4. The van der Waals surface area contributed by atoms with Crippen LogP contribution >= 0.6 is 11.3 Å². The molecule has 22 heavy (non-hydrogen) atoms. The molecule has 0 fully saturated rings. The SMILES string of the molecule is Cc1nc(C(C)NC(=O)c2cc(-c3ccccc3)no2)cs1. The van der Waals surface area contributed by atoms with E-state index in [9.17, 15) is 4.79 Å². The van der Waals surface area contributed by atoms with E-state index in [0.717, 1.165) is 16.3 Å². The van der Waals surface area contributed by atoms with Crippen molar-refractivity contribution in [2.24, 2.45) is 0 Å². The van der Waals surface area contributed by atoms with Crippen molar-refractivity contribution in [1.29, 1.82) is 0 Å². The molecule has 6 heteroatoms. The van der Waals surface area contributed by atoms with Crippen LogP contribution in [0.5, 0.6) is 0 Å². The third-order valence-electron chi connectivity index (χ3n) is 3.23. The summed E-state index contributed by atoms with van der Waals surface area (Å²) in [6, 6.07) is 11.0. The number of carbonyl (C=O) groups is 1. The van der Waals surface area contributed by atoms with E-state index in [1.54, 1.807) is 17.4 Å². The number of hydrogen-bond acceptors (Lipinski definition) is 5. The van der Waals surface area contributed by atoms with Gasteiger partial charge in [0.15, 0.2) is 0 Å². The van der Waals surface area contributed by atoms with E-state index in [-0.39, 0.29) is 17.7 Å². The van der Waals surface area contributed by atoms with Crippen molar-refractivity contribution in [3.63, 3.8) is 0 Å². The highest BCUT2D eigenvalue weighted by molar-refractivity contribution is 7.09. The maximum Gasteiger partial charge on any atom is 0.290 e. The fourth-order valence-corrected chi connectivity index (χ4v) is 2.75. The molecule has 0 saturated carbocycles. The van der Waals surface area contributed by atoms with Crippen molar-refractivity contribution in [1.82, 2.24) is 15.5 Å². The molecule has 3 rings (SSSR count). The third kappa shape index (κ3) is 3.07. The minimum atomic E-state index is -0.298. The standard InChI is InChI=1S/C16H15N3O2S/c1-10(14-9-22-11(2)18-14)17-16(20)15-8-13(19-21-15)12-6-4-3-5-7-12/h3-10H,1-2H3,(H,17,20). The molecular weight excluding hydrogens is 298 g/mol. The van der Waals surface area contributed by atoms with Gasteiger partial charge >= 0.3 is 0 Å². The summed E-state index contributed by atoms with van der Waals surface area (Å²) >= 11 is 1.56. The molecule has 112 valence electrons. The summed E-state index contributed by atoms with van der Waals surface area (Å²) in [4.78, 5) is 16.6.